The molecular formula is C35H25ClFN5OS. The van der Waals surface area contributed by atoms with Gasteiger partial charge >= 0.3 is 0 Å². The zero-order valence-corrected chi connectivity index (χ0v) is 25.1. The summed E-state index contributed by atoms with van der Waals surface area (Å²) >= 11 is 8.21. The van der Waals surface area contributed by atoms with Crippen LogP contribution in [0.4, 0.5) is 9.52 Å². The van der Waals surface area contributed by atoms with Crippen molar-refractivity contribution in [2.75, 3.05) is 12.5 Å². The maximum Gasteiger partial charge on any atom is 0.203 e. The first-order valence-electron chi connectivity index (χ1n) is 13.9. The number of para-hydroxylation sites is 1. The number of methoxy groups -OCH3 is 1. The molecule has 0 unspecified atom stereocenters. The Labute approximate surface area is 262 Å². The smallest absolute Gasteiger partial charge is 0.203 e. The first-order valence-corrected chi connectivity index (χ1v) is 15.1. The highest BCUT2D eigenvalue weighted by Crippen LogP contribution is 2.38. The van der Waals surface area contributed by atoms with Gasteiger partial charge in [0.2, 0.25) is 5.13 Å². The van der Waals surface area contributed by atoms with Gasteiger partial charge in [-0.15, -0.1) is 11.3 Å². The molecule has 0 bridgehead atoms. The fourth-order valence-corrected chi connectivity index (χ4v) is 6.20. The van der Waals surface area contributed by atoms with Gasteiger partial charge in [-0.05, 0) is 60.2 Å². The Morgan fingerprint density at radius 3 is 2.50 bits per heavy atom. The summed E-state index contributed by atoms with van der Waals surface area (Å²) in [5.74, 6) is 0.535. The van der Waals surface area contributed by atoms with E-state index in [4.69, 9.17) is 21.3 Å². The molecule has 0 radical (unpaired) electrons. The summed E-state index contributed by atoms with van der Waals surface area (Å²) in [6, 6.07) is 32.3. The number of rotatable bonds is 8. The number of aromatic nitrogens is 3. The fraction of sp³-hybridized carbons (Fsp3) is 0.0571. The lowest BCUT2D eigenvalue weighted by Crippen LogP contribution is -2.03. The molecule has 44 heavy (non-hydrogen) atoms. The molecule has 7 rings (SSSR count). The van der Waals surface area contributed by atoms with Gasteiger partial charge in [0.1, 0.15) is 11.6 Å². The molecule has 0 aliphatic carbocycles. The number of fused-ring (bicyclic) bond motifs is 3. The Kier molecular flexibility index (Phi) is 7.52. The molecule has 9 heteroatoms. The third-order valence-corrected chi connectivity index (χ3v) is 8.47. The summed E-state index contributed by atoms with van der Waals surface area (Å²) in [5.41, 5.74) is 10.1. The molecule has 1 N–H and O–H groups in total. The molecule has 0 spiro atoms. The van der Waals surface area contributed by atoms with Gasteiger partial charge in [-0.3, -0.25) is 5.43 Å². The van der Waals surface area contributed by atoms with Gasteiger partial charge in [0.25, 0.3) is 0 Å². The van der Waals surface area contributed by atoms with E-state index in [1.54, 1.807) is 13.3 Å². The maximum atomic E-state index is 13.7. The molecule has 0 saturated heterocycles. The average Bonchev–Trinajstić information content (AvgIpc) is 3.65. The van der Waals surface area contributed by atoms with Crippen LogP contribution < -0.4 is 10.2 Å². The molecule has 4 aromatic carbocycles. The second-order valence-electron chi connectivity index (χ2n) is 10.1. The molecule has 0 saturated carbocycles. The number of ether oxygens (including phenoxy) is 1. The second kappa shape index (κ2) is 11.9. The average molecular weight is 618 g/mol. The summed E-state index contributed by atoms with van der Waals surface area (Å²) in [6.07, 6.45) is 1.69. The van der Waals surface area contributed by atoms with Crippen LogP contribution in [-0.2, 0) is 6.54 Å². The molecule has 216 valence electrons. The lowest BCUT2D eigenvalue weighted by atomic mass is 10.1. The minimum absolute atomic E-state index is 0.262. The van der Waals surface area contributed by atoms with Crippen molar-refractivity contribution in [2.24, 2.45) is 5.10 Å². The number of nitrogens with zero attached hydrogens (tertiary/aromatic N) is 4. The van der Waals surface area contributed by atoms with Crippen molar-refractivity contribution in [2.45, 2.75) is 6.54 Å². The van der Waals surface area contributed by atoms with Crippen molar-refractivity contribution in [3.05, 3.63) is 131 Å². The van der Waals surface area contributed by atoms with Crippen LogP contribution in [0.25, 0.3) is 44.3 Å². The number of benzene rings is 4. The molecule has 6 nitrogen and oxygen atoms in total. The molecule has 0 atom stereocenters. The van der Waals surface area contributed by atoms with Crippen LogP contribution in [0, 0.1) is 5.82 Å². The lowest BCUT2D eigenvalue weighted by Gasteiger charge is -2.13. The number of pyridine rings is 1. The summed E-state index contributed by atoms with van der Waals surface area (Å²) in [6.45, 7) is 0.541. The van der Waals surface area contributed by atoms with E-state index in [9.17, 15) is 4.39 Å². The van der Waals surface area contributed by atoms with Crippen molar-refractivity contribution >= 4 is 56.1 Å². The molecule has 0 aliphatic heterocycles. The summed E-state index contributed by atoms with van der Waals surface area (Å²) in [5, 5.41) is 9.82. The molecule has 3 heterocycles. The highest BCUT2D eigenvalue weighted by molar-refractivity contribution is 7.14. The largest absolute Gasteiger partial charge is 0.497 e. The van der Waals surface area contributed by atoms with Crippen LogP contribution in [0.5, 0.6) is 5.75 Å². The van der Waals surface area contributed by atoms with Crippen molar-refractivity contribution in [1.82, 2.24) is 14.5 Å². The quantitative estimate of drug-likeness (QED) is 0.136. The molecule has 0 amide bonds. The van der Waals surface area contributed by atoms with Crippen LogP contribution in [0.3, 0.4) is 0 Å². The number of nitrogens with one attached hydrogen (secondary N) is 1. The highest BCUT2D eigenvalue weighted by atomic mass is 35.5. The Morgan fingerprint density at radius 1 is 0.932 bits per heavy atom. The summed E-state index contributed by atoms with van der Waals surface area (Å²) in [7, 11) is 1.65. The highest BCUT2D eigenvalue weighted by Gasteiger charge is 2.19. The number of hydrazone groups is 1. The molecule has 3 aromatic heterocycles. The van der Waals surface area contributed by atoms with E-state index in [0.29, 0.717) is 22.4 Å². The van der Waals surface area contributed by atoms with Crippen molar-refractivity contribution in [3.63, 3.8) is 0 Å². The first-order chi connectivity index (χ1) is 21.6. The van der Waals surface area contributed by atoms with Crippen LogP contribution in [-0.4, -0.2) is 27.9 Å². The van der Waals surface area contributed by atoms with E-state index in [1.165, 1.54) is 23.5 Å². The Bertz CT molecular complexity index is 2140. The van der Waals surface area contributed by atoms with Crippen molar-refractivity contribution in [3.8, 4) is 28.3 Å². The van der Waals surface area contributed by atoms with Crippen molar-refractivity contribution < 1.29 is 9.13 Å². The van der Waals surface area contributed by atoms with Gasteiger partial charge < -0.3 is 9.30 Å². The minimum atomic E-state index is -0.262. The van der Waals surface area contributed by atoms with E-state index >= 15 is 0 Å². The third kappa shape index (κ3) is 5.41. The fourth-order valence-electron chi connectivity index (χ4n) is 5.31. The number of hydrogen-bond acceptors (Lipinski definition) is 6. The van der Waals surface area contributed by atoms with E-state index in [2.05, 4.69) is 32.2 Å². The molecular weight excluding hydrogens is 593 g/mol. The van der Waals surface area contributed by atoms with Crippen LogP contribution in [0.15, 0.2) is 114 Å². The maximum absolute atomic E-state index is 13.7. The first kappa shape index (κ1) is 27.8. The summed E-state index contributed by atoms with van der Waals surface area (Å²) in [4.78, 5) is 9.73. The van der Waals surface area contributed by atoms with Gasteiger partial charge in [0, 0.05) is 39.3 Å². The molecule has 0 aliphatic rings. The Morgan fingerprint density at radius 2 is 1.70 bits per heavy atom. The monoisotopic (exact) mass is 617 g/mol. The Hall–Kier alpha value is -5.05. The van der Waals surface area contributed by atoms with Gasteiger partial charge in [-0.1, -0.05) is 60.1 Å². The van der Waals surface area contributed by atoms with E-state index in [-0.39, 0.29) is 5.82 Å². The standard InChI is InChI=1S/C35H25ClFN5OS/c1-43-26-16-12-23(13-17-26)31-21-44-35(40-31)41-38-19-25-18-29-27-6-3-5-9-32(27)42(20-22-10-14-24(37)15-11-22)34(29)33(39-25)28-7-2-4-8-30(28)36/h2-19,21H,20H2,1H3,(H,40,41)/b38-19+. The number of thiazole rings is 1. The second-order valence-corrected chi connectivity index (χ2v) is 11.4. The van der Waals surface area contributed by atoms with Gasteiger partial charge in [-0.25, -0.2) is 14.4 Å². The molecule has 7 aromatic rings. The van der Waals surface area contributed by atoms with E-state index in [1.807, 2.05) is 84.2 Å². The van der Waals surface area contributed by atoms with Gasteiger partial charge in [0.05, 0.1) is 40.9 Å². The topological polar surface area (TPSA) is 64.3 Å². The predicted molar refractivity (Wildman–Crippen MR) is 179 cm³/mol. The third-order valence-electron chi connectivity index (χ3n) is 7.40. The van der Waals surface area contributed by atoms with E-state index in [0.717, 1.165) is 55.6 Å². The van der Waals surface area contributed by atoms with Crippen LogP contribution in [0.2, 0.25) is 5.02 Å². The van der Waals surface area contributed by atoms with Crippen LogP contribution in [0.1, 0.15) is 11.3 Å². The SMILES string of the molecule is COc1ccc(-c2csc(N/N=C/c3cc4c5ccccc5n(Cc5ccc(F)cc5)c4c(-c4ccccc4Cl)n3)n2)cc1. The minimum Gasteiger partial charge on any atom is -0.497 e. The molecule has 0 fully saturated rings. The zero-order chi connectivity index (χ0) is 30.0. The zero-order valence-electron chi connectivity index (χ0n) is 23.5. The normalized spacial score (nSPS) is 11.5. The number of halogens is 2. The number of anilines is 1. The lowest BCUT2D eigenvalue weighted by molar-refractivity contribution is 0.415. The van der Waals surface area contributed by atoms with Crippen molar-refractivity contribution in [1.29, 1.82) is 0 Å². The van der Waals surface area contributed by atoms with Gasteiger partial charge in [0.15, 0.2) is 0 Å². The van der Waals surface area contributed by atoms with Crippen LogP contribution >= 0.6 is 22.9 Å². The summed E-state index contributed by atoms with van der Waals surface area (Å²) < 4.78 is 21.2. The predicted octanol–water partition coefficient (Wildman–Crippen LogP) is 9.28. The van der Waals surface area contributed by atoms with E-state index < -0.39 is 0 Å². The van der Waals surface area contributed by atoms with Gasteiger partial charge in [-0.2, -0.15) is 5.10 Å². The Balaban J connectivity index is 1.29. The number of hydrogen-bond donors (Lipinski definition) is 1.